The van der Waals surface area contributed by atoms with Crippen molar-refractivity contribution in [3.8, 4) is 5.75 Å². The minimum Gasteiger partial charge on any atom is -0.507 e. The van der Waals surface area contributed by atoms with Crippen molar-refractivity contribution in [3.63, 3.8) is 0 Å². The Morgan fingerprint density at radius 1 is 1.25 bits per heavy atom. The molecular formula is C14H21ClO. The van der Waals surface area contributed by atoms with Gasteiger partial charge in [-0.15, -0.1) is 11.6 Å². The molecule has 0 saturated carbocycles. The molecule has 1 nitrogen and oxygen atoms in total. The number of alkyl halides is 1. The first kappa shape index (κ1) is 13.4. The third kappa shape index (κ3) is 3.15. The van der Waals surface area contributed by atoms with Crippen LogP contribution in [-0.4, -0.2) is 11.0 Å². The van der Waals surface area contributed by atoms with Crippen LogP contribution in [0, 0.1) is 6.92 Å². The summed E-state index contributed by atoms with van der Waals surface area (Å²) in [5.41, 5.74) is 3.22. The van der Waals surface area contributed by atoms with Crippen LogP contribution in [0.4, 0.5) is 0 Å². The molecule has 0 fully saturated rings. The average molecular weight is 241 g/mol. The van der Waals surface area contributed by atoms with Gasteiger partial charge in [0.05, 0.1) is 0 Å². The Labute approximate surface area is 103 Å². The lowest BCUT2D eigenvalue weighted by Crippen LogP contribution is -2.12. The second-order valence-corrected chi connectivity index (χ2v) is 5.73. The monoisotopic (exact) mass is 240 g/mol. The second kappa shape index (κ2) is 5.09. The number of halogens is 1. The van der Waals surface area contributed by atoms with Crippen LogP contribution in [0.3, 0.4) is 0 Å². The first-order valence-corrected chi connectivity index (χ1v) is 6.28. The number of hydrogen-bond acceptors (Lipinski definition) is 1. The van der Waals surface area contributed by atoms with E-state index in [0.29, 0.717) is 11.6 Å². The molecule has 1 rings (SSSR count). The summed E-state index contributed by atoms with van der Waals surface area (Å²) in [6.07, 6.45) is 1.96. The van der Waals surface area contributed by atoms with E-state index in [1.54, 1.807) is 0 Å². The molecule has 0 heterocycles. The minimum atomic E-state index is -0.0220. The lowest BCUT2D eigenvalue weighted by molar-refractivity contribution is 0.442. The number of phenolic OH excluding ortho intramolecular Hbond substituents is 1. The average Bonchev–Trinajstić information content (AvgIpc) is 2.17. The van der Waals surface area contributed by atoms with Gasteiger partial charge in [-0.1, -0.05) is 32.9 Å². The van der Waals surface area contributed by atoms with E-state index in [1.807, 2.05) is 6.92 Å². The van der Waals surface area contributed by atoms with Crippen LogP contribution in [0.2, 0.25) is 0 Å². The fourth-order valence-corrected chi connectivity index (χ4v) is 1.97. The maximum atomic E-state index is 10.1. The summed E-state index contributed by atoms with van der Waals surface area (Å²) in [7, 11) is 0. The van der Waals surface area contributed by atoms with Crippen LogP contribution in [0.15, 0.2) is 12.1 Å². The van der Waals surface area contributed by atoms with E-state index in [1.165, 1.54) is 5.56 Å². The molecule has 16 heavy (non-hydrogen) atoms. The summed E-state index contributed by atoms with van der Waals surface area (Å²) < 4.78 is 0. The SMILES string of the molecule is Cc1cc(CCCCl)cc(C(C)(C)C)c1O. The molecule has 0 aliphatic carbocycles. The van der Waals surface area contributed by atoms with Crippen LogP contribution >= 0.6 is 11.6 Å². The van der Waals surface area contributed by atoms with Crippen LogP contribution in [-0.2, 0) is 11.8 Å². The zero-order chi connectivity index (χ0) is 12.3. The van der Waals surface area contributed by atoms with E-state index in [9.17, 15) is 5.11 Å². The Hall–Kier alpha value is -0.690. The number of aryl methyl sites for hydroxylation is 2. The highest BCUT2D eigenvalue weighted by molar-refractivity contribution is 6.17. The van der Waals surface area contributed by atoms with Gasteiger partial charge in [0.2, 0.25) is 0 Å². The smallest absolute Gasteiger partial charge is 0.122 e. The fourth-order valence-electron chi connectivity index (χ4n) is 1.84. The van der Waals surface area contributed by atoms with Crippen LogP contribution in [0.1, 0.15) is 43.9 Å². The molecule has 0 amide bonds. The van der Waals surface area contributed by atoms with Crippen molar-refractivity contribution in [3.05, 3.63) is 28.8 Å². The normalized spacial score (nSPS) is 11.8. The van der Waals surface area contributed by atoms with Gasteiger partial charge in [0.25, 0.3) is 0 Å². The largest absolute Gasteiger partial charge is 0.507 e. The summed E-state index contributed by atoms with van der Waals surface area (Å²) in [4.78, 5) is 0. The van der Waals surface area contributed by atoms with Crippen LogP contribution in [0.5, 0.6) is 5.75 Å². The van der Waals surface area contributed by atoms with E-state index >= 15 is 0 Å². The molecule has 0 saturated heterocycles. The predicted molar refractivity (Wildman–Crippen MR) is 70.6 cm³/mol. The third-order valence-corrected chi connectivity index (χ3v) is 3.03. The van der Waals surface area contributed by atoms with Gasteiger partial charge in [0, 0.05) is 5.88 Å². The molecule has 0 aliphatic heterocycles. The number of phenols is 1. The Morgan fingerprint density at radius 2 is 1.88 bits per heavy atom. The maximum absolute atomic E-state index is 10.1. The van der Waals surface area contributed by atoms with E-state index in [-0.39, 0.29) is 5.41 Å². The highest BCUT2D eigenvalue weighted by Gasteiger charge is 2.19. The van der Waals surface area contributed by atoms with Gasteiger partial charge in [-0.25, -0.2) is 0 Å². The van der Waals surface area contributed by atoms with Gasteiger partial charge in [-0.2, -0.15) is 0 Å². The first-order chi connectivity index (χ1) is 7.36. The standard InChI is InChI=1S/C14H21ClO/c1-10-8-11(6-5-7-15)9-12(13(10)16)14(2,3)4/h8-9,16H,5-7H2,1-4H3. The molecule has 0 unspecified atom stereocenters. The summed E-state index contributed by atoms with van der Waals surface area (Å²) in [6, 6.07) is 4.16. The lowest BCUT2D eigenvalue weighted by Gasteiger charge is -2.22. The fraction of sp³-hybridized carbons (Fsp3) is 0.571. The van der Waals surface area contributed by atoms with Gasteiger partial charge < -0.3 is 5.11 Å². The second-order valence-electron chi connectivity index (χ2n) is 5.35. The molecule has 0 aliphatic rings. The maximum Gasteiger partial charge on any atom is 0.122 e. The Balaban J connectivity index is 3.12. The van der Waals surface area contributed by atoms with Gasteiger partial charge in [0.15, 0.2) is 0 Å². The molecule has 1 N–H and O–H groups in total. The number of benzene rings is 1. The Kier molecular flexibility index (Phi) is 4.26. The van der Waals surface area contributed by atoms with Gasteiger partial charge in [-0.3, -0.25) is 0 Å². The molecule has 1 aromatic carbocycles. The summed E-state index contributed by atoms with van der Waals surface area (Å²) in [5.74, 6) is 1.12. The van der Waals surface area contributed by atoms with E-state index in [0.717, 1.165) is 24.0 Å². The number of rotatable bonds is 3. The molecule has 0 aromatic heterocycles. The van der Waals surface area contributed by atoms with E-state index < -0.39 is 0 Å². The van der Waals surface area contributed by atoms with Crippen molar-refractivity contribution in [1.29, 1.82) is 0 Å². The van der Waals surface area contributed by atoms with Crippen LogP contribution in [0.25, 0.3) is 0 Å². The van der Waals surface area contributed by atoms with Crippen molar-refractivity contribution < 1.29 is 5.11 Å². The summed E-state index contributed by atoms with van der Waals surface area (Å²) in [6.45, 7) is 8.31. The Bertz CT molecular complexity index is 364. The molecule has 0 spiro atoms. The molecular weight excluding hydrogens is 220 g/mol. The molecule has 0 radical (unpaired) electrons. The van der Waals surface area contributed by atoms with Crippen molar-refractivity contribution in [2.24, 2.45) is 0 Å². The summed E-state index contributed by atoms with van der Waals surface area (Å²) >= 11 is 5.70. The van der Waals surface area contributed by atoms with E-state index in [2.05, 4.69) is 32.9 Å². The molecule has 0 bridgehead atoms. The predicted octanol–water partition coefficient (Wildman–Crippen LogP) is 4.17. The zero-order valence-electron chi connectivity index (χ0n) is 10.6. The topological polar surface area (TPSA) is 20.2 Å². The summed E-state index contributed by atoms with van der Waals surface area (Å²) in [5, 5.41) is 10.1. The number of aromatic hydroxyl groups is 1. The molecule has 2 heteroatoms. The van der Waals surface area contributed by atoms with E-state index in [4.69, 9.17) is 11.6 Å². The first-order valence-electron chi connectivity index (χ1n) is 5.75. The minimum absolute atomic E-state index is 0.0220. The molecule has 0 atom stereocenters. The van der Waals surface area contributed by atoms with Crippen molar-refractivity contribution in [2.75, 3.05) is 5.88 Å². The van der Waals surface area contributed by atoms with Crippen LogP contribution < -0.4 is 0 Å². The highest BCUT2D eigenvalue weighted by atomic mass is 35.5. The molecule has 1 aromatic rings. The highest BCUT2D eigenvalue weighted by Crippen LogP contribution is 2.34. The van der Waals surface area contributed by atoms with Gasteiger partial charge >= 0.3 is 0 Å². The van der Waals surface area contributed by atoms with Gasteiger partial charge in [-0.05, 0) is 41.9 Å². The van der Waals surface area contributed by atoms with Crippen molar-refractivity contribution >= 4 is 11.6 Å². The van der Waals surface area contributed by atoms with Gasteiger partial charge in [0.1, 0.15) is 5.75 Å². The third-order valence-electron chi connectivity index (χ3n) is 2.77. The van der Waals surface area contributed by atoms with Crippen molar-refractivity contribution in [1.82, 2.24) is 0 Å². The molecule has 90 valence electrons. The number of hydrogen-bond donors (Lipinski definition) is 1. The Morgan fingerprint density at radius 3 is 2.38 bits per heavy atom. The lowest BCUT2D eigenvalue weighted by atomic mass is 9.84. The quantitative estimate of drug-likeness (QED) is 0.787. The van der Waals surface area contributed by atoms with Crippen molar-refractivity contribution in [2.45, 2.75) is 46.0 Å². The zero-order valence-corrected chi connectivity index (χ0v) is 11.4.